The molecular weight excluding hydrogens is 287 g/mol. The van der Waals surface area contributed by atoms with E-state index in [9.17, 15) is 9.50 Å². The van der Waals surface area contributed by atoms with Crippen LogP contribution in [-0.4, -0.2) is 21.2 Å². The molecule has 0 radical (unpaired) electrons. The first-order valence-electron chi connectivity index (χ1n) is 7.08. The number of rotatable bonds is 5. The van der Waals surface area contributed by atoms with Gasteiger partial charge in [0.05, 0.1) is 5.83 Å². The van der Waals surface area contributed by atoms with Crippen LogP contribution in [0.15, 0.2) is 41.8 Å². The summed E-state index contributed by atoms with van der Waals surface area (Å²) >= 11 is 1.51. The fourth-order valence-corrected chi connectivity index (χ4v) is 4.16. The van der Waals surface area contributed by atoms with Gasteiger partial charge in [-0.2, -0.15) is 5.10 Å². The molecule has 0 bridgehead atoms. The molecule has 1 aliphatic rings. The molecule has 0 saturated heterocycles. The molecule has 1 N–H and O–H groups in total. The Morgan fingerprint density at radius 2 is 2.14 bits per heavy atom. The number of hydrogen-bond donors (Lipinski definition) is 1. The third kappa shape index (κ3) is 2.93. The standard InChI is InChI=1S/C16H21FN2OS/c1-5-16(13-8-6-7-9-14(13)20)19(11(2)3)18-15(21-16)10-12(4)17/h6-9,11,20H,4-5,10H2,1-3H3. The Bertz CT molecular complexity index is 573. The van der Waals surface area contributed by atoms with Gasteiger partial charge in [0.1, 0.15) is 15.7 Å². The first-order chi connectivity index (χ1) is 9.90. The van der Waals surface area contributed by atoms with E-state index in [-0.39, 0.29) is 18.2 Å². The van der Waals surface area contributed by atoms with Crippen LogP contribution in [0.4, 0.5) is 4.39 Å². The number of halogens is 1. The van der Waals surface area contributed by atoms with Gasteiger partial charge in [-0.25, -0.2) is 4.39 Å². The van der Waals surface area contributed by atoms with Crippen molar-refractivity contribution in [1.29, 1.82) is 0 Å². The van der Waals surface area contributed by atoms with Crippen LogP contribution in [0.5, 0.6) is 5.75 Å². The molecule has 5 heteroatoms. The van der Waals surface area contributed by atoms with Crippen LogP contribution in [0.25, 0.3) is 0 Å². The van der Waals surface area contributed by atoms with Gasteiger partial charge in [0.25, 0.3) is 0 Å². The van der Waals surface area contributed by atoms with E-state index in [1.165, 1.54) is 11.8 Å². The molecule has 0 aliphatic carbocycles. The lowest BCUT2D eigenvalue weighted by Crippen LogP contribution is -2.41. The Morgan fingerprint density at radius 1 is 1.48 bits per heavy atom. The number of hydrazone groups is 1. The molecule has 21 heavy (non-hydrogen) atoms. The van der Waals surface area contributed by atoms with E-state index < -0.39 is 10.7 Å². The number of phenols is 1. The van der Waals surface area contributed by atoms with Crippen LogP contribution in [-0.2, 0) is 4.87 Å². The maximum Gasteiger partial charge on any atom is 0.137 e. The molecule has 3 nitrogen and oxygen atoms in total. The number of thioether (sulfide) groups is 1. The summed E-state index contributed by atoms with van der Waals surface area (Å²) in [5.41, 5.74) is 0.814. The van der Waals surface area contributed by atoms with Gasteiger partial charge in [0.15, 0.2) is 0 Å². The predicted octanol–water partition coefficient (Wildman–Crippen LogP) is 4.60. The maximum atomic E-state index is 13.2. The van der Waals surface area contributed by atoms with Crippen molar-refractivity contribution in [3.05, 3.63) is 42.2 Å². The number of allylic oxidation sites excluding steroid dienone is 1. The number of para-hydroxylation sites is 1. The van der Waals surface area contributed by atoms with Crippen LogP contribution in [0, 0.1) is 0 Å². The van der Waals surface area contributed by atoms with E-state index >= 15 is 0 Å². The van der Waals surface area contributed by atoms with Crippen molar-refractivity contribution < 1.29 is 9.50 Å². The van der Waals surface area contributed by atoms with Crippen LogP contribution in [0.1, 0.15) is 39.2 Å². The molecule has 0 fully saturated rings. The molecule has 1 atom stereocenters. The second kappa shape index (κ2) is 6.10. The fraction of sp³-hybridized carbons (Fsp3) is 0.438. The van der Waals surface area contributed by atoms with E-state index in [0.29, 0.717) is 5.04 Å². The third-order valence-electron chi connectivity index (χ3n) is 3.51. The average molecular weight is 308 g/mol. The second-order valence-corrected chi connectivity index (χ2v) is 6.73. The van der Waals surface area contributed by atoms with Gasteiger partial charge in [0.2, 0.25) is 0 Å². The van der Waals surface area contributed by atoms with Gasteiger partial charge in [-0.05, 0) is 26.3 Å². The fourth-order valence-electron chi connectivity index (χ4n) is 2.64. The zero-order valence-electron chi connectivity index (χ0n) is 12.6. The summed E-state index contributed by atoms with van der Waals surface area (Å²) in [5, 5.41) is 17.5. The summed E-state index contributed by atoms with van der Waals surface area (Å²) in [4.78, 5) is -0.496. The molecule has 1 aliphatic heterocycles. The van der Waals surface area contributed by atoms with Crippen molar-refractivity contribution >= 4 is 16.8 Å². The van der Waals surface area contributed by atoms with Crippen molar-refractivity contribution in [2.45, 2.75) is 44.5 Å². The number of hydrogen-bond acceptors (Lipinski definition) is 4. The summed E-state index contributed by atoms with van der Waals surface area (Å²) in [6.07, 6.45) is 0.877. The molecule has 0 spiro atoms. The first-order valence-corrected chi connectivity index (χ1v) is 7.90. The second-order valence-electron chi connectivity index (χ2n) is 5.38. The van der Waals surface area contributed by atoms with Crippen LogP contribution >= 0.6 is 11.8 Å². The Labute approximate surface area is 129 Å². The topological polar surface area (TPSA) is 35.8 Å². The zero-order valence-corrected chi connectivity index (χ0v) is 13.5. The number of nitrogens with zero attached hydrogens (tertiary/aromatic N) is 2. The normalized spacial score (nSPS) is 21.8. The van der Waals surface area contributed by atoms with Gasteiger partial charge >= 0.3 is 0 Å². The number of aromatic hydroxyl groups is 1. The van der Waals surface area contributed by atoms with Gasteiger partial charge in [0, 0.05) is 18.0 Å². The van der Waals surface area contributed by atoms with Crippen molar-refractivity contribution in [1.82, 2.24) is 5.01 Å². The van der Waals surface area contributed by atoms with E-state index in [4.69, 9.17) is 0 Å². The largest absolute Gasteiger partial charge is 0.508 e. The highest BCUT2D eigenvalue weighted by molar-refractivity contribution is 8.14. The number of phenolic OH excluding ortho intramolecular Hbond substituents is 1. The average Bonchev–Trinajstić information content (AvgIpc) is 2.78. The van der Waals surface area contributed by atoms with Crippen molar-refractivity contribution in [2.24, 2.45) is 5.10 Å². The molecule has 1 unspecified atom stereocenters. The van der Waals surface area contributed by atoms with Crippen molar-refractivity contribution in [3.63, 3.8) is 0 Å². The lowest BCUT2D eigenvalue weighted by atomic mass is 10.0. The summed E-state index contributed by atoms with van der Waals surface area (Å²) < 4.78 is 13.2. The molecule has 114 valence electrons. The molecule has 0 aromatic heterocycles. The number of benzene rings is 1. The predicted molar refractivity (Wildman–Crippen MR) is 86.9 cm³/mol. The summed E-state index contributed by atoms with van der Waals surface area (Å²) in [5.74, 6) is -0.151. The van der Waals surface area contributed by atoms with E-state index in [0.717, 1.165) is 12.0 Å². The highest BCUT2D eigenvalue weighted by Crippen LogP contribution is 2.52. The molecular formula is C16H21FN2OS. The Balaban J connectivity index is 2.47. The molecule has 0 saturated carbocycles. The van der Waals surface area contributed by atoms with Crippen LogP contribution in [0.2, 0.25) is 0 Å². The molecule has 1 aromatic rings. The smallest absolute Gasteiger partial charge is 0.137 e. The Morgan fingerprint density at radius 3 is 2.67 bits per heavy atom. The highest BCUT2D eigenvalue weighted by Gasteiger charge is 2.46. The summed E-state index contributed by atoms with van der Waals surface area (Å²) in [6, 6.07) is 7.43. The Kier molecular flexibility index (Phi) is 4.61. The van der Waals surface area contributed by atoms with E-state index in [1.807, 2.05) is 31.0 Å². The minimum atomic E-state index is -0.496. The summed E-state index contributed by atoms with van der Waals surface area (Å²) in [6.45, 7) is 9.46. The first kappa shape index (κ1) is 15.9. The molecule has 0 amide bonds. The summed E-state index contributed by atoms with van der Waals surface area (Å²) in [7, 11) is 0. The van der Waals surface area contributed by atoms with Crippen molar-refractivity contribution in [2.75, 3.05) is 0 Å². The monoisotopic (exact) mass is 308 g/mol. The minimum absolute atomic E-state index is 0.128. The SMILES string of the molecule is C=C(F)CC1=NN(C(C)C)C(CC)(c2ccccc2O)S1. The van der Waals surface area contributed by atoms with Gasteiger partial charge in [-0.3, -0.25) is 5.01 Å². The Hall–Kier alpha value is -1.49. The molecule has 2 rings (SSSR count). The van der Waals surface area contributed by atoms with Gasteiger partial charge < -0.3 is 5.11 Å². The van der Waals surface area contributed by atoms with Crippen LogP contribution < -0.4 is 0 Å². The highest BCUT2D eigenvalue weighted by atomic mass is 32.2. The van der Waals surface area contributed by atoms with Gasteiger partial charge in [-0.15, -0.1) is 0 Å². The lowest BCUT2D eigenvalue weighted by Gasteiger charge is -2.39. The van der Waals surface area contributed by atoms with Crippen molar-refractivity contribution in [3.8, 4) is 5.75 Å². The van der Waals surface area contributed by atoms with E-state index in [2.05, 4.69) is 18.6 Å². The van der Waals surface area contributed by atoms with E-state index in [1.54, 1.807) is 12.1 Å². The minimum Gasteiger partial charge on any atom is -0.508 e. The third-order valence-corrected chi connectivity index (χ3v) is 5.01. The quantitative estimate of drug-likeness (QED) is 0.863. The van der Waals surface area contributed by atoms with Gasteiger partial charge in [-0.1, -0.05) is 43.5 Å². The van der Waals surface area contributed by atoms with Crippen LogP contribution in [0.3, 0.4) is 0 Å². The lowest BCUT2D eigenvalue weighted by molar-refractivity contribution is 0.132. The molecule has 1 heterocycles. The zero-order chi connectivity index (χ0) is 15.6. The molecule has 1 aromatic carbocycles. The maximum absolute atomic E-state index is 13.2.